The molecule has 0 atom stereocenters. The third kappa shape index (κ3) is 3.48. The molecule has 2 aromatic carbocycles. The fourth-order valence-electron chi connectivity index (χ4n) is 3.17. The molecule has 0 spiro atoms. The average Bonchev–Trinajstić information content (AvgIpc) is 3.42. The standard InChI is InChI=1S/C20H21FN4S/c1-23(13-15-7-3-2-4-8-15)14-24-20(26)25(16-11-12-16)19(22-24)17-9-5-6-10-18(17)21/h2-10,16H,11-14H2,1H3. The molecule has 4 rings (SSSR count). The molecule has 1 saturated carbocycles. The van der Waals surface area contributed by atoms with E-state index in [9.17, 15) is 4.39 Å². The Morgan fingerprint density at radius 3 is 2.50 bits per heavy atom. The quantitative estimate of drug-likeness (QED) is 0.593. The van der Waals surface area contributed by atoms with E-state index in [1.807, 2.05) is 35.9 Å². The molecule has 4 nitrogen and oxygen atoms in total. The van der Waals surface area contributed by atoms with Crippen LogP contribution in [0, 0.1) is 10.6 Å². The van der Waals surface area contributed by atoms with Gasteiger partial charge in [-0.15, -0.1) is 0 Å². The highest BCUT2D eigenvalue weighted by atomic mass is 32.1. The summed E-state index contributed by atoms with van der Waals surface area (Å²) in [4.78, 5) is 2.15. The molecule has 0 bridgehead atoms. The van der Waals surface area contributed by atoms with Crippen molar-refractivity contribution in [2.24, 2.45) is 0 Å². The van der Waals surface area contributed by atoms with Gasteiger partial charge in [0.15, 0.2) is 10.6 Å². The number of nitrogens with zero attached hydrogens (tertiary/aromatic N) is 4. The second kappa shape index (κ2) is 7.13. The predicted molar refractivity (Wildman–Crippen MR) is 103 cm³/mol. The minimum absolute atomic E-state index is 0.265. The fraction of sp³-hybridized carbons (Fsp3) is 0.300. The maximum absolute atomic E-state index is 14.3. The van der Waals surface area contributed by atoms with Crippen LogP contribution >= 0.6 is 12.2 Å². The van der Waals surface area contributed by atoms with Crippen molar-refractivity contribution in [3.8, 4) is 11.4 Å². The maximum Gasteiger partial charge on any atom is 0.199 e. The van der Waals surface area contributed by atoms with Crippen molar-refractivity contribution in [3.63, 3.8) is 0 Å². The lowest BCUT2D eigenvalue weighted by Crippen LogP contribution is -2.22. The normalized spacial score (nSPS) is 14.1. The summed E-state index contributed by atoms with van der Waals surface area (Å²) < 4.78 is 18.8. The van der Waals surface area contributed by atoms with Crippen molar-refractivity contribution >= 4 is 12.2 Å². The molecule has 0 amide bonds. The van der Waals surface area contributed by atoms with Crippen LogP contribution in [0.5, 0.6) is 0 Å². The summed E-state index contributed by atoms with van der Waals surface area (Å²) in [5, 5.41) is 4.68. The number of hydrogen-bond donors (Lipinski definition) is 0. The molecule has 26 heavy (non-hydrogen) atoms. The number of halogens is 1. The minimum atomic E-state index is -0.265. The van der Waals surface area contributed by atoms with Crippen molar-refractivity contribution in [2.45, 2.75) is 32.1 Å². The largest absolute Gasteiger partial charge is 0.297 e. The highest BCUT2D eigenvalue weighted by Crippen LogP contribution is 2.39. The topological polar surface area (TPSA) is 26.0 Å². The maximum atomic E-state index is 14.3. The van der Waals surface area contributed by atoms with Gasteiger partial charge in [-0.05, 0) is 49.8 Å². The lowest BCUT2D eigenvalue weighted by molar-refractivity contribution is 0.244. The number of aromatic nitrogens is 3. The molecule has 1 aromatic heterocycles. The van der Waals surface area contributed by atoms with E-state index in [4.69, 9.17) is 12.2 Å². The summed E-state index contributed by atoms with van der Waals surface area (Å²) >= 11 is 5.67. The zero-order valence-electron chi connectivity index (χ0n) is 14.7. The molecule has 3 aromatic rings. The van der Waals surface area contributed by atoms with E-state index in [2.05, 4.69) is 22.1 Å². The smallest absolute Gasteiger partial charge is 0.199 e. The molecular formula is C20H21FN4S. The highest BCUT2D eigenvalue weighted by Gasteiger charge is 2.30. The van der Waals surface area contributed by atoms with Crippen LogP contribution in [0.3, 0.4) is 0 Å². The molecule has 1 fully saturated rings. The summed E-state index contributed by atoms with van der Waals surface area (Å²) in [6.45, 7) is 1.36. The molecule has 1 aliphatic carbocycles. The van der Waals surface area contributed by atoms with E-state index >= 15 is 0 Å². The molecule has 134 valence electrons. The SMILES string of the molecule is CN(Cc1ccccc1)Cn1nc(-c2ccccc2F)n(C2CC2)c1=S. The van der Waals surface area contributed by atoms with Crippen LogP contribution < -0.4 is 0 Å². The first-order chi connectivity index (χ1) is 12.6. The van der Waals surface area contributed by atoms with Gasteiger partial charge in [-0.1, -0.05) is 42.5 Å². The van der Waals surface area contributed by atoms with E-state index in [-0.39, 0.29) is 5.82 Å². The number of hydrogen-bond acceptors (Lipinski definition) is 3. The van der Waals surface area contributed by atoms with Gasteiger partial charge < -0.3 is 0 Å². The van der Waals surface area contributed by atoms with Gasteiger partial charge in [0.2, 0.25) is 0 Å². The Labute approximate surface area is 157 Å². The molecule has 0 N–H and O–H groups in total. The number of benzene rings is 2. The van der Waals surface area contributed by atoms with E-state index in [0.717, 1.165) is 19.4 Å². The Kier molecular flexibility index (Phi) is 4.70. The van der Waals surface area contributed by atoms with Gasteiger partial charge >= 0.3 is 0 Å². The van der Waals surface area contributed by atoms with E-state index in [1.54, 1.807) is 16.8 Å². The number of rotatable bonds is 6. The van der Waals surface area contributed by atoms with Crippen LogP contribution in [0.2, 0.25) is 0 Å². The van der Waals surface area contributed by atoms with E-state index < -0.39 is 0 Å². The van der Waals surface area contributed by atoms with Crippen LogP contribution in [-0.4, -0.2) is 26.3 Å². The van der Waals surface area contributed by atoms with Gasteiger partial charge in [0, 0.05) is 12.6 Å². The first-order valence-corrected chi connectivity index (χ1v) is 9.21. The van der Waals surface area contributed by atoms with Crippen LogP contribution in [0.4, 0.5) is 4.39 Å². The summed E-state index contributed by atoms with van der Waals surface area (Å²) in [7, 11) is 2.04. The fourth-order valence-corrected chi connectivity index (χ4v) is 3.51. The summed E-state index contributed by atoms with van der Waals surface area (Å²) in [6.07, 6.45) is 2.14. The molecule has 0 radical (unpaired) electrons. The Bertz CT molecular complexity index is 959. The van der Waals surface area contributed by atoms with Gasteiger partial charge in [0.25, 0.3) is 0 Å². The predicted octanol–water partition coefficient (Wildman–Crippen LogP) is 4.64. The van der Waals surface area contributed by atoms with Crippen LogP contribution in [-0.2, 0) is 13.2 Å². The van der Waals surface area contributed by atoms with Crippen LogP contribution in [0.15, 0.2) is 54.6 Å². The summed E-state index contributed by atoms with van der Waals surface area (Å²) in [6, 6.07) is 17.4. The third-order valence-corrected chi connectivity index (χ3v) is 4.98. The Morgan fingerprint density at radius 2 is 1.81 bits per heavy atom. The monoisotopic (exact) mass is 368 g/mol. The van der Waals surface area contributed by atoms with Gasteiger partial charge in [-0.2, -0.15) is 5.10 Å². The van der Waals surface area contributed by atoms with Crippen molar-refractivity contribution < 1.29 is 4.39 Å². The third-order valence-electron chi connectivity index (χ3n) is 4.57. The molecular weight excluding hydrogens is 347 g/mol. The van der Waals surface area contributed by atoms with Gasteiger partial charge in [0.05, 0.1) is 12.2 Å². The van der Waals surface area contributed by atoms with Gasteiger partial charge in [-0.25, -0.2) is 9.07 Å². The first kappa shape index (κ1) is 17.1. The van der Waals surface area contributed by atoms with Crippen LogP contribution in [0.25, 0.3) is 11.4 Å². The summed E-state index contributed by atoms with van der Waals surface area (Å²) in [5.41, 5.74) is 1.74. The van der Waals surface area contributed by atoms with Crippen molar-refractivity contribution in [3.05, 3.63) is 70.7 Å². The molecule has 1 heterocycles. The lowest BCUT2D eigenvalue weighted by atomic mass is 10.2. The van der Waals surface area contributed by atoms with Crippen molar-refractivity contribution in [1.82, 2.24) is 19.2 Å². The van der Waals surface area contributed by atoms with Crippen molar-refractivity contribution in [1.29, 1.82) is 0 Å². The van der Waals surface area contributed by atoms with Gasteiger partial charge in [0.1, 0.15) is 5.82 Å². The second-order valence-electron chi connectivity index (χ2n) is 6.83. The minimum Gasteiger partial charge on any atom is -0.297 e. The van der Waals surface area contributed by atoms with E-state index in [1.165, 1.54) is 11.6 Å². The Balaban J connectivity index is 1.64. The molecule has 1 aliphatic rings. The molecule has 6 heteroatoms. The Morgan fingerprint density at radius 1 is 1.12 bits per heavy atom. The van der Waals surface area contributed by atoms with Gasteiger partial charge in [-0.3, -0.25) is 9.47 Å². The molecule has 0 saturated heterocycles. The Hall–Kier alpha value is -2.31. The zero-order chi connectivity index (χ0) is 18.1. The first-order valence-electron chi connectivity index (χ1n) is 8.80. The molecule has 0 unspecified atom stereocenters. The van der Waals surface area contributed by atoms with E-state index in [0.29, 0.717) is 28.9 Å². The second-order valence-corrected chi connectivity index (χ2v) is 7.19. The van der Waals surface area contributed by atoms with Crippen LogP contribution in [0.1, 0.15) is 24.4 Å². The summed E-state index contributed by atoms with van der Waals surface area (Å²) in [5.74, 6) is 0.364. The highest BCUT2D eigenvalue weighted by molar-refractivity contribution is 7.71. The average molecular weight is 368 g/mol. The van der Waals surface area contributed by atoms with Crippen molar-refractivity contribution in [2.75, 3.05) is 7.05 Å². The molecule has 0 aliphatic heterocycles. The zero-order valence-corrected chi connectivity index (χ0v) is 15.5. The lowest BCUT2D eigenvalue weighted by Gasteiger charge is -2.16.